The van der Waals surface area contributed by atoms with Crippen LogP contribution in [-0.2, 0) is 11.2 Å². The molecule has 0 unspecified atom stereocenters. The van der Waals surface area contributed by atoms with Crippen molar-refractivity contribution in [1.82, 2.24) is 5.43 Å². The molecule has 1 heterocycles. The lowest BCUT2D eigenvalue weighted by Crippen LogP contribution is -2.41. The Labute approximate surface area is 273 Å². The number of rotatable bonds is 10. The largest absolute Gasteiger partial charge is 0.496 e. The number of ether oxygens (including phenoxy) is 1. The molecule has 0 aliphatic carbocycles. The number of hydrazine groups is 1. The first-order valence-electron chi connectivity index (χ1n) is 14.5. The van der Waals surface area contributed by atoms with Crippen molar-refractivity contribution >= 4 is 58.7 Å². The minimum Gasteiger partial charge on any atom is -0.496 e. The van der Waals surface area contributed by atoms with Crippen LogP contribution in [-0.4, -0.2) is 43.0 Å². The van der Waals surface area contributed by atoms with Crippen LogP contribution >= 0.6 is 24.0 Å². The SMILES string of the molecule is COc1cc(CC(=O)NN(c2ccc(-c3cccc(C(C)=O)c3)cc2)c2ccccc2N2CCCCC2)c(Cl)cc1C(=O)O.Cl. The quantitative estimate of drug-likeness (QED) is 0.134. The Kier molecular flexibility index (Phi) is 11.1. The third-order valence-corrected chi connectivity index (χ3v) is 8.09. The Morgan fingerprint density at radius 2 is 1.62 bits per heavy atom. The molecule has 0 aromatic heterocycles. The first-order chi connectivity index (χ1) is 21.2. The first kappa shape index (κ1) is 33.4. The van der Waals surface area contributed by atoms with Gasteiger partial charge in [-0.15, -0.1) is 12.4 Å². The summed E-state index contributed by atoms with van der Waals surface area (Å²) in [6.45, 7) is 3.40. The molecule has 5 rings (SSSR count). The molecule has 0 atom stereocenters. The fourth-order valence-electron chi connectivity index (χ4n) is 5.44. The van der Waals surface area contributed by atoms with Gasteiger partial charge in [0.1, 0.15) is 11.3 Å². The predicted octanol–water partition coefficient (Wildman–Crippen LogP) is 7.74. The normalized spacial score (nSPS) is 12.6. The van der Waals surface area contributed by atoms with Gasteiger partial charge < -0.3 is 14.7 Å². The maximum atomic E-state index is 13.6. The number of carbonyl (C=O) groups is 3. The molecule has 2 N–H and O–H groups in total. The van der Waals surface area contributed by atoms with Crippen LogP contribution in [0.3, 0.4) is 0 Å². The van der Waals surface area contributed by atoms with E-state index < -0.39 is 5.97 Å². The molecule has 1 amide bonds. The summed E-state index contributed by atoms with van der Waals surface area (Å²) < 4.78 is 5.25. The second kappa shape index (κ2) is 15.0. The molecule has 0 radical (unpaired) electrons. The number of Topliss-reactive ketones (excluding diaryl/α,β-unsaturated/α-hetero) is 1. The van der Waals surface area contributed by atoms with Crippen LogP contribution in [0.25, 0.3) is 11.1 Å². The molecule has 0 bridgehead atoms. The lowest BCUT2D eigenvalue weighted by Gasteiger charge is -2.34. The zero-order valence-electron chi connectivity index (χ0n) is 25.1. The number of ketones is 1. The van der Waals surface area contributed by atoms with Crippen molar-refractivity contribution in [2.24, 2.45) is 0 Å². The van der Waals surface area contributed by atoms with E-state index in [9.17, 15) is 19.5 Å². The third kappa shape index (κ3) is 7.77. The van der Waals surface area contributed by atoms with Crippen molar-refractivity contribution in [2.45, 2.75) is 32.6 Å². The number of benzene rings is 4. The average Bonchev–Trinajstić information content (AvgIpc) is 3.05. The number of carboxylic acid groups (broad SMARTS) is 1. The number of carbonyl (C=O) groups excluding carboxylic acids is 2. The molecule has 10 heteroatoms. The summed E-state index contributed by atoms with van der Waals surface area (Å²) >= 11 is 6.41. The molecule has 1 fully saturated rings. The van der Waals surface area contributed by atoms with Gasteiger partial charge in [0.05, 0.1) is 30.6 Å². The number of aromatic carboxylic acids is 1. The van der Waals surface area contributed by atoms with E-state index >= 15 is 0 Å². The van der Waals surface area contributed by atoms with Gasteiger partial charge in [-0.3, -0.25) is 20.0 Å². The van der Waals surface area contributed by atoms with E-state index in [1.807, 2.05) is 60.7 Å². The highest BCUT2D eigenvalue weighted by molar-refractivity contribution is 6.32. The van der Waals surface area contributed by atoms with Crippen LogP contribution in [0.15, 0.2) is 84.9 Å². The van der Waals surface area contributed by atoms with Crippen molar-refractivity contribution in [2.75, 3.05) is 30.1 Å². The number of hydrogen-bond acceptors (Lipinski definition) is 6. The fourth-order valence-corrected chi connectivity index (χ4v) is 5.67. The molecule has 1 saturated heterocycles. The number of piperidine rings is 1. The second-order valence-corrected chi connectivity index (χ2v) is 11.1. The van der Waals surface area contributed by atoms with Crippen molar-refractivity contribution in [1.29, 1.82) is 0 Å². The van der Waals surface area contributed by atoms with Crippen molar-refractivity contribution in [3.63, 3.8) is 0 Å². The lowest BCUT2D eigenvalue weighted by molar-refractivity contribution is -0.120. The first-order valence-corrected chi connectivity index (χ1v) is 14.9. The van der Waals surface area contributed by atoms with Gasteiger partial charge in [0, 0.05) is 23.7 Å². The minimum atomic E-state index is -1.17. The van der Waals surface area contributed by atoms with Crippen molar-refractivity contribution in [3.8, 4) is 16.9 Å². The maximum absolute atomic E-state index is 13.6. The van der Waals surface area contributed by atoms with Crippen LogP contribution in [0, 0.1) is 0 Å². The number of methoxy groups -OCH3 is 1. The monoisotopic (exact) mass is 647 g/mol. The van der Waals surface area contributed by atoms with Crippen LogP contribution in [0.1, 0.15) is 52.5 Å². The van der Waals surface area contributed by atoms with E-state index in [0.717, 1.165) is 54.1 Å². The van der Waals surface area contributed by atoms with Crippen molar-refractivity contribution in [3.05, 3.63) is 107 Å². The zero-order chi connectivity index (χ0) is 31.2. The van der Waals surface area contributed by atoms with Crippen LogP contribution in [0.2, 0.25) is 5.02 Å². The summed E-state index contributed by atoms with van der Waals surface area (Å²) in [7, 11) is 1.37. The highest BCUT2D eigenvalue weighted by Crippen LogP contribution is 2.36. The number of nitrogens with zero attached hydrogens (tertiary/aromatic N) is 2. The highest BCUT2D eigenvalue weighted by atomic mass is 35.5. The second-order valence-electron chi connectivity index (χ2n) is 10.7. The summed E-state index contributed by atoms with van der Waals surface area (Å²) in [6.07, 6.45) is 3.28. The van der Waals surface area contributed by atoms with Gasteiger partial charge in [0.2, 0.25) is 5.91 Å². The highest BCUT2D eigenvalue weighted by Gasteiger charge is 2.22. The number of halogens is 2. The standard InChI is InChI=1S/C35H34ClN3O5.ClH/c1-23(40)25-9-8-10-26(19-25)24-13-15-28(16-14-24)39(32-12-5-4-11-31(32)38-17-6-3-7-18-38)37-34(41)21-27-20-33(44-2)29(35(42)43)22-30(27)36;/h4-5,8-16,19-20,22H,3,6-7,17-18,21H2,1-2H3,(H,37,41)(H,42,43);1H. The number of amides is 1. The van der Waals surface area contributed by atoms with E-state index in [0.29, 0.717) is 11.1 Å². The summed E-state index contributed by atoms with van der Waals surface area (Å²) in [5, 5.41) is 11.4. The van der Waals surface area contributed by atoms with Gasteiger partial charge in [0.15, 0.2) is 5.78 Å². The van der Waals surface area contributed by atoms with E-state index in [4.69, 9.17) is 16.3 Å². The fraction of sp³-hybridized carbons (Fsp3) is 0.229. The van der Waals surface area contributed by atoms with Gasteiger partial charge in [-0.05, 0) is 85.3 Å². The zero-order valence-corrected chi connectivity index (χ0v) is 26.7. The van der Waals surface area contributed by atoms with Crippen LogP contribution in [0.5, 0.6) is 5.75 Å². The molecule has 0 saturated carbocycles. The van der Waals surface area contributed by atoms with Crippen LogP contribution < -0.4 is 20.1 Å². The van der Waals surface area contributed by atoms with Gasteiger partial charge in [-0.25, -0.2) is 4.79 Å². The number of hydrogen-bond donors (Lipinski definition) is 2. The van der Waals surface area contributed by atoms with E-state index in [2.05, 4.69) is 16.4 Å². The van der Waals surface area contributed by atoms with Gasteiger partial charge >= 0.3 is 5.97 Å². The van der Waals surface area contributed by atoms with Crippen molar-refractivity contribution < 1.29 is 24.2 Å². The Balaban J connectivity index is 0.00000461. The summed E-state index contributed by atoms with van der Waals surface area (Å²) in [6, 6.07) is 26.0. The lowest BCUT2D eigenvalue weighted by atomic mass is 10.0. The molecular weight excluding hydrogens is 613 g/mol. The molecule has 0 spiro atoms. The summed E-state index contributed by atoms with van der Waals surface area (Å²) in [5.41, 5.74) is 8.49. The molecular formula is C35H35Cl2N3O5. The maximum Gasteiger partial charge on any atom is 0.339 e. The molecule has 45 heavy (non-hydrogen) atoms. The Hall–Kier alpha value is -4.53. The predicted molar refractivity (Wildman–Crippen MR) is 181 cm³/mol. The Morgan fingerprint density at radius 3 is 2.29 bits per heavy atom. The number of para-hydroxylation sites is 2. The summed E-state index contributed by atoms with van der Waals surface area (Å²) in [5.74, 6) is -1.39. The van der Waals surface area contributed by atoms with E-state index in [1.54, 1.807) is 18.0 Å². The smallest absolute Gasteiger partial charge is 0.339 e. The van der Waals surface area contributed by atoms with Gasteiger partial charge in [0.25, 0.3) is 0 Å². The van der Waals surface area contributed by atoms with E-state index in [1.165, 1.54) is 25.7 Å². The van der Waals surface area contributed by atoms with Gasteiger partial charge in [-0.2, -0.15) is 0 Å². The third-order valence-electron chi connectivity index (χ3n) is 7.73. The molecule has 234 valence electrons. The summed E-state index contributed by atoms with van der Waals surface area (Å²) in [4.78, 5) is 39.5. The van der Waals surface area contributed by atoms with Crippen LogP contribution in [0.4, 0.5) is 17.1 Å². The molecule has 1 aliphatic rings. The average molecular weight is 649 g/mol. The topological polar surface area (TPSA) is 99.2 Å². The Morgan fingerprint density at radius 1 is 0.911 bits per heavy atom. The number of nitrogens with one attached hydrogen (secondary N) is 1. The van der Waals surface area contributed by atoms with Gasteiger partial charge in [-0.1, -0.05) is 54.1 Å². The number of carboxylic acids is 1. The molecule has 1 aliphatic heterocycles. The Bertz CT molecular complexity index is 1690. The minimum absolute atomic E-state index is 0. The van der Waals surface area contributed by atoms with E-state index in [-0.39, 0.29) is 46.9 Å². The number of anilines is 3. The molecule has 4 aromatic rings. The molecule has 8 nitrogen and oxygen atoms in total. The molecule has 4 aromatic carbocycles.